The Kier molecular flexibility index (Phi) is 3.85. The van der Waals surface area contributed by atoms with Crippen LogP contribution in [0.5, 0.6) is 0 Å². The molecule has 4 nitrogen and oxygen atoms in total. The number of nitrogens with zero attached hydrogens (tertiary/aromatic N) is 2. The van der Waals surface area contributed by atoms with Gasteiger partial charge in [-0.25, -0.2) is 0 Å². The number of rotatable bonds is 4. The monoisotopic (exact) mass is 205 g/mol. The van der Waals surface area contributed by atoms with E-state index in [1.807, 2.05) is 19.1 Å². The van der Waals surface area contributed by atoms with Gasteiger partial charge >= 0.3 is 0 Å². The molecule has 1 aromatic heterocycles. The first-order valence-electron chi connectivity index (χ1n) is 4.73. The average Bonchev–Trinajstić information content (AvgIpc) is 2.51. The van der Waals surface area contributed by atoms with Crippen molar-refractivity contribution < 1.29 is 4.79 Å². The minimum Gasteiger partial charge on any atom is -0.309 e. The molecule has 15 heavy (non-hydrogen) atoms. The number of hydrogen-bond acceptors (Lipinski definition) is 2. The van der Waals surface area contributed by atoms with E-state index in [4.69, 9.17) is 0 Å². The van der Waals surface area contributed by atoms with E-state index in [0.717, 1.165) is 5.57 Å². The Morgan fingerprint density at radius 2 is 2.47 bits per heavy atom. The Morgan fingerprint density at radius 3 is 3.07 bits per heavy atom. The Balaban J connectivity index is 2.60. The van der Waals surface area contributed by atoms with Gasteiger partial charge in [-0.15, -0.1) is 0 Å². The minimum absolute atomic E-state index is 0.118. The second-order valence-corrected chi connectivity index (χ2v) is 3.24. The second-order valence-electron chi connectivity index (χ2n) is 3.24. The molecule has 0 saturated heterocycles. The number of carbonyl (C=O) groups excluding carboxylic acids is 1. The van der Waals surface area contributed by atoms with Gasteiger partial charge in [0, 0.05) is 19.2 Å². The first-order valence-corrected chi connectivity index (χ1v) is 4.73. The highest BCUT2D eigenvalue weighted by atomic mass is 16.1. The van der Waals surface area contributed by atoms with E-state index < -0.39 is 0 Å². The molecule has 1 amide bonds. The van der Waals surface area contributed by atoms with Crippen LogP contribution in [0.25, 0.3) is 0 Å². The number of hydrogen-bond donors (Lipinski definition) is 1. The highest BCUT2D eigenvalue weighted by Gasteiger charge is 2.00. The third-order valence-electron chi connectivity index (χ3n) is 1.71. The fourth-order valence-electron chi connectivity index (χ4n) is 1.19. The van der Waals surface area contributed by atoms with Gasteiger partial charge in [-0.3, -0.25) is 9.48 Å². The summed E-state index contributed by atoms with van der Waals surface area (Å²) in [6.45, 7) is 7.90. The van der Waals surface area contributed by atoms with Crippen molar-refractivity contribution in [1.82, 2.24) is 9.78 Å². The average molecular weight is 205 g/mol. The van der Waals surface area contributed by atoms with Crippen LogP contribution in [0.15, 0.2) is 36.6 Å². The predicted molar refractivity (Wildman–Crippen MR) is 60.5 cm³/mol. The Morgan fingerprint density at radius 1 is 1.73 bits per heavy atom. The molecule has 0 aliphatic heterocycles. The first kappa shape index (κ1) is 11.2. The van der Waals surface area contributed by atoms with Crippen molar-refractivity contribution in [2.75, 3.05) is 5.32 Å². The molecule has 1 N–H and O–H groups in total. The molecule has 0 atom stereocenters. The van der Waals surface area contributed by atoms with Gasteiger partial charge in [0.1, 0.15) is 0 Å². The molecule has 0 bridgehead atoms. The van der Waals surface area contributed by atoms with Crippen molar-refractivity contribution in [3.8, 4) is 0 Å². The van der Waals surface area contributed by atoms with Crippen LogP contribution in [0.3, 0.4) is 0 Å². The lowest BCUT2D eigenvalue weighted by atomic mass is 10.3. The van der Waals surface area contributed by atoms with E-state index in [-0.39, 0.29) is 5.91 Å². The molecule has 0 saturated carbocycles. The number of carbonyl (C=O) groups is 1. The fourth-order valence-corrected chi connectivity index (χ4v) is 1.19. The van der Waals surface area contributed by atoms with Gasteiger partial charge in [0.2, 0.25) is 5.91 Å². The van der Waals surface area contributed by atoms with Crippen LogP contribution in [-0.4, -0.2) is 15.7 Å². The number of amides is 1. The lowest BCUT2D eigenvalue weighted by molar-refractivity contribution is -0.114. The zero-order valence-electron chi connectivity index (χ0n) is 9.03. The summed E-state index contributed by atoms with van der Waals surface area (Å²) in [5.41, 5.74) is 0.968. The zero-order valence-corrected chi connectivity index (χ0v) is 9.03. The van der Waals surface area contributed by atoms with E-state index in [0.29, 0.717) is 12.4 Å². The van der Waals surface area contributed by atoms with Crippen LogP contribution < -0.4 is 5.32 Å². The molecule has 0 spiro atoms. The molecular formula is C11H15N3O. The predicted octanol–water partition coefficient (Wildman–Crippen LogP) is 1.97. The SMILES string of the molecule is C=C(C=CC)Cn1ccc(NC(C)=O)n1. The van der Waals surface area contributed by atoms with Crippen molar-refractivity contribution in [1.29, 1.82) is 0 Å². The minimum atomic E-state index is -0.118. The molecule has 0 aromatic carbocycles. The summed E-state index contributed by atoms with van der Waals surface area (Å²) in [7, 11) is 0. The van der Waals surface area contributed by atoms with E-state index in [2.05, 4.69) is 17.0 Å². The molecule has 0 unspecified atom stereocenters. The van der Waals surface area contributed by atoms with Gasteiger partial charge in [0.15, 0.2) is 5.82 Å². The van der Waals surface area contributed by atoms with Gasteiger partial charge in [-0.05, 0) is 12.5 Å². The lowest BCUT2D eigenvalue weighted by Gasteiger charge is -2.00. The van der Waals surface area contributed by atoms with Crippen LogP contribution in [-0.2, 0) is 11.3 Å². The van der Waals surface area contributed by atoms with Gasteiger partial charge in [-0.2, -0.15) is 5.10 Å². The Bertz CT molecular complexity index is 390. The summed E-state index contributed by atoms with van der Waals surface area (Å²) < 4.78 is 1.73. The van der Waals surface area contributed by atoms with Gasteiger partial charge in [-0.1, -0.05) is 18.7 Å². The highest BCUT2D eigenvalue weighted by Crippen LogP contribution is 2.04. The van der Waals surface area contributed by atoms with Gasteiger partial charge < -0.3 is 5.32 Å². The lowest BCUT2D eigenvalue weighted by Crippen LogP contribution is -2.07. The molecule has 0 aliphatic carbocycles. The molecule has 0 radical (unpaired) electrons. The van der Waals surface area contributed by atoms with Crippen molar-refractivity contribution in [3.63, 3.8) is 0 Å². The molecule has 1 rings (SSSR count). The number of anilines is 1. The standard InChI is InChI=1S/C11H15N3O/c1-4-5-9(2)8-14-7-6-11(13-14)12-10(3)15/h4-7H,2,8H2,1,3H3,(H,12,13,15). The summed E-state index contributed by atoms with van der Waals surface area (Å²) in [4.78, 5) is 10.8. The third kappa shape index (κ3) is 3.81. The number of aromatic nitrogens is 2. The second kappa shape index (κ2) is 5.14. The van der Waals surface area contributed by atoms with Crippen LogP contribution in [0.2, 0.25) is 0 Å². The maximum absolute atomic E-state index is 10.8. The van der Waals surface area contributed by atoms with Crippen LogP contribution in [0.1, 0.15) is 13.8 Å². The zero-order chi connectivity index (χ0) is 11.3. The molecule has 4 heteroatoms. The summed E-state index contributed by atoms with van der Waals surface area (Å²) in [6.07, 6.45) is 5.67. The molecule has 1 heterocycles. The maximum atomic E-state index is 10.8. The summed E-state index contributed by atoms with van der Waals surface area (Å²) >= 11 is 0. The van der Waals surface area contributed by atoms with Crippen molar-refractivity contribution in [3.05, 3.63) is 36.6 Å². The summed E-state index contributed by atoms with van der Waals surface area (Å²) in [6, 6.07) is 1.75. The van der Waals surface area contributed by atoms with Crippen LogP contribution in [0.4, 0.5) is 5.82 Å². The maximum Gasteiger partial charge on any atom is 0.222 e. The topological polar surface area (TPSA) is 46.9 Å². The smallest absolute Gasteiger partial charge is 0.222 e. The summed E-state index contributed by atoms with van der Waals surface area (Å²) in [5, 5.41) is 6.77. The fraction of sp³-hybridized carbons (Fsp3) is 0.273. The van der Waals surface area contributed by atoms with Crippen LogP contribution >= 0.6 is 0 Å². The highest BCUT2D eigenvalue weighted by molar-refractivity contribution is 5.87. The van der Waals surface area contributed by atoms with Gasteiger partial charge in [0.25, 0.3) is 0 Å². The third-order valence-corrected chi connectivity index (χ3v) is 1.71. The molecule has 0 aliphatic rings. The van der Waals surface area contributed by atoms with E-state index in [1.54, 1.807) is 16.9 Å². The van der Waals surface area contributed by atoms with E-state index in [9.17, 15) is 4.79 Å². The van der Waals surface area contributed by atoms with Gasteiger partial charge in [0.05, 0.1) is 6.54 Å². The Labute approximate surface area is 89.3 Å². The Hall–Kier alpha value is -1.84. The molecule has 0 fully saturated rings. The number of nitrogens with one attached hydrogen (secondary N) is 1. The normalized spacial score (nSPS) is 10.5. The molecule has 80 valence electrons. The van der Waals surface area contributed by atoms with E-state index >= 15 is 0 Å². The largest absolute Gasteiger partial charge is 0.309 e. The quantitative estimate of drug-likeness (QED) is 0.764. The van der Waals surface area contributed by atoms with Crippen LogP contribution in [0, 0.1) is 0 Å². The van der Waals surface area contributed by atoms with Crippen molar-refractivity contribution in [2.24, 2.45) is 0 Å². The first-order chi connectivity index (χ1) is 7.11. The molecule has 1 aromatic rings. The van der Waals surface area contributed by atoms with Crippen molar-refractivity contribution in [2.45, 2.75) is 20.4 Å². The van der Waals surface area contributed by atoms with E-state index in [1.165, 1.54) is 6.92 Å². The number of allylic oxidation sites excluding steroid dienone is 3. The van der Waals surface area contributed by atoms with Crippen molar-refractivity contribution >= 4 is 11.7 Å². The molecular weight excluding hydrogens is 190 g/mol. The summed E-state index contributed by atoms with van der Waals surface area (Å²) in [5.74, 6) is 0.448.